The Morgan fingerprint density at radius 2 is 1.45 bits per heavy atom. The highest BCUT2D eigenvalue weighted by Crippen LogP contribution is 2.41. The van der Waals surface area contributed by atoms with Gasteiger partial charge in [0.25, 0.3) is 0 Å². The number of aromatic nitrogens is 1. The van der Waals surface area contributed by atoms with Gasteiger partial charge in [0, 0.05) is 37.9 Å². The second-order valence-corrected chi connectivity index (χ2v) is 13.5. The van der Waals surface area contributed by atoms with Gasteiger partial charge in [0.2, 0.25) is 11.8 Å². The summed E-state index contributed by atoms with van der Waals surface area (Å²) in [4.78, 5) is 35.7. The Morgan fingerprint density at radius 3 is 2.17 bits per heavy atom. The number of aliphatic hydroxyl groups excluding tert-OH is 1. The van der Waals surface area contributed by atoms with Crippen molar-refractivity contribution in [3.63, 3.8) is 0 Å². The summed E-state index contributed by atoms with van der Waals surface area (Å²) in [5.41, 5.74) is 8.88. The van der Waals surface area contributed by atoms with Gasteiger partial charge in [-0.15, -0.1) is 0 Å². The molecule has 4 fully saturated rings. The number of hydrogen-bond donors (Lipinski definition) is 1. The lowest BCUT2D eigenvalue weighted by atomic mass is 9.78. The van der Waals surface area contributed by atoms with Crippen LogP contribution in [-0.4, -0.2) is 57.9 Å². The largest absolute Gasteiger partial charge is 0.392 e. The molecule has 6 nitrogen and oxygen atoms in total. The van der Waals surface area contributed by atoms with E-state index in [1.165, 1.54) is 47.1 Å². The number of carbonyl (C=O) groups excluding carboxylic acids is 2. The summed E-state index contributed by atoms with van der Waals surface area (Å²) < 4.78 is 0. The first-order valence-electron chi connectivity index (χ1n) is 16.6. The Labute approximate surface area is 250 Å². The molecule has 42 heavy (non-hydrogen) atoms. The number of benzene rings is 1. The molecule has 2 amide bonds. The highest BCUT2D eigenvalue weighted by molar-refractivity contribution is 6.05. The van der Waals surface area contributed by atoms with Crippen LogP contribution in [0.3, 0.4) is 0 Å². The first kappa shape index (κ1) is 28.0. The van der Waals surface area contributed by atoms with Gasteiger partial charge in [0.05, 0.1) is 24.1 Å². The van der Waals surface area contributed by atoms with Crippen molar-refractivity contribution < 1.29 is 14.7 Å². The van der Waals surface area contributed by atoms with Crippen LogP contribution in [0.2, 0.25) is 0 Å². The van der Waals surface area contributed by atoms with Crippen LogP contribution in [0.15, 0.2) is 42.1 Å². The van der Waals surface area contributed by atoms with Crippen molar-refractivity contribution in [1.82, 2.24) is 14.8 Å². The lowest BCUT2D eigenvalue weighted by Gasteiger charge is -2.39. The minimum atomic E-state index is -0.0363. The minimum absolute atomic E-state index is 0.0363. The van der Waals surface area contributed by atoms with E-state index in [1.807, 2.05) is 6.20 Å². The number of aliphatic hydroxyl groups is 1. The zero-order chi connectivity index (χ0) is 28.6. The number of carbonyl (C=O) groups is 2. The van der Waals surface area contributed by atoms with Crippen molar-refractivity contribution in [2.24, 2.45) is 23.7 Å². The molecule has 5 aliphatic rings. The summed E-state index contributed by atoms with van der Waals surface area (Å²) in [6, 6.07) is 10.7. The zero-order valence-electron chi connectivity index (χ0n) is 24.9. The van der Waals surface area contributed by atoms with E-state index < -0.39 is 0 Å². The van der Waals surface area contributed by atoms with Gasteiger partial charge in [0.1, 0.15) is 0 Å². The molecular formula is C36H45N3O3. The average Bonchev–Trinajstić information content (AvgIpc) is 3.17. The van der Waals surface area contributed by atoms with E-state index >= 15 is 0 Å². The molecule has 6 heteroatoms. The normalized spacial score (nSPS) is 28.4. The Kier molecular flexibility index (Phi) is 8.02. The number of amides is 2. The summed E-state index contributed by atoms with van der Waals surface area (Å²) in [5.74, 6) is 1.17. The molecule has 3 heterocycles. The number of hydrogen-bond acceptors (Lipinski definition) is 5. The molecule has 222 valence electrons. The molecule has 0 radical (unpaired) electrons. The lowest BCUT2D eigenvalue weighted by Crippen LogP contribution is -2.43. The van der Waals surface area contributed by atoms with Crippen LogP contribution >= 0.6 is 0 Å². The second kappa shape index (κ2) is 12.0. The summed E-state index contributed by atoms with van der Waals surface area (Å²) in [6.45, 7) is 3.87. The van der Waals surface area contributed by atoms with E-state index in [0.29, 0.717) is 18.4 Å². The van der Waals surface area contributed by atoms with Gasteiger partial charge in [-0.25, -0.2) is 0 Å². The van der Waals surface area contributed by atoms with Gasteiger partial charge in [-0.2, -0.15) is 0 Å². The zero-order valence-corrected chi connectivity index (χ0v) is 24.9. The predicted octanol–water partition coefficient (Wildman–Crippen LogP) is 5.55. The van der Waals surface area contributed by atoms with Crippen LogP contribution in [0, 0.1) is 23.7 Å². The van der Waals surface area contributed by atoms with Gasteiger partial charge >= 0.3 is 0 Å². The number of fused-ring (bicyclic) bond motifs is 3. The van der Waals surface area contributed by atoms with E-state index in [-0.39, 0.29) is 30.3 Å². The lowest BCUT2D eigenvalue weighted by molar-refractivity contribution is -0.141. The quantitative estimate of drug-likeness (QED) is 0.480. The third-order valence-corrected chi connectivity index (χ3v) is 11.1. The van der Waals surface area contributed by atoms with Crippen molar-refractivity contribution in [3.05, 3.63) is 70.0 Å². The first-order valence-corrected chi connectivity index (χ1v) is 16.6. The van der Waals surface area contributed by atoms with E-state index in [9.17, 15) is 14.7 Å². The van der Waals surface area contributed by atoms with Gasteiger partial charge in [-0.05, 0) is 91.5 Å². The molecule has 7 rings (SSSR count). The topological polar surface area (TPSA) is 73.7 Å². The number of likely N-dealkylation sites (tertiary alicyclic amines) is 2. The Bertz CT molecular complexity index is 1350. The SMILES string of the molecule is O=C1C2CCCCC2C(=O)N1C[C@H]1CCCC[C@@H]1CN1CCC(=C2c3ccc(CO)cc3CCc3cccnc32)CC1. The van der Waals surface area contributed by atoms with Gasteiger partial charge in [0.15, 0.2) is 0 Å². The Hall–Kier alpha value is -2.83. The maximum atomic E-state index is 13.2. The van der Waals surface area contributed by atoms with Crippen LogP contribution < -0.4 is 0 Å². The molecular weight excluding hydrogens is 522 g/mol. The Morgan fingerprint density at radius 1 is 0.786 bits per heavy atom. The number of rotatable bonds is 5. The molecule has 1 aromatic heterocycles. The smallest absolute Gasteiger partial charge is 0.233 e. The molecule has 1 N–H and O–H groups in total. The second-order valence-electron chi connectivity index (χ2n) is 13.5. The van der Waals surface area contributed by atoms with E-state index in [4.69, 9.17) is 4.98 Å². The fourth-order valence-electron chi connectivity index (χ4n) is 8.81. The number of imide groups is 1. The van der Waals surface area contributed by atoms with Crippen molar-refractivity contribution in [1.29, 1.82) is 0 Å². The summed E-state index contributed by atoms with van der Waals surface area (Å²) in [5, 5.41) is 9.77. The monoisotopic (exact) mass is 567 g/mol. The summed E-state index contributed by atoms with van der Waals surface area (Å²) in [7, 11) is 0. The number of nitrogens with zero attached hydrogens (tertiary/aromatic N) is 3. The fourth-order valence-corrected chi connectivity index (χ4v) is 8.81. The van der Waals surface area contributed by atoms with Crippen LogP contribution in [0.25, 0.3) is 5.57 Å². The van der Waals surface area contributed by atoms with Gasteiger partial charge < -0.3 is 10.0 Å². The minimum Gasteiger partial charge on any atom is -0.392 e. The molecule has 4 atom stereocenters. The van der Waals surface area contributed by atoms with E-state index in [1.54, 1.807) is 4.90 Å². The third-order valence-electron chi connectivity index (χ3n) is 11.1. The molecule has 2 aromatic rings. The van der Waals surface area contributed by atoms with Crippen molar-refractivity contribution in [3.8, 4) is 0 Å². The highest BCUT2D eigenvalue weighted by Gasteiger charge is 2.49. The molecule has 1 aromatic carbocycles. The van der Waals surface area contributed by atoms with Crippen molar-refractivity contribution in [2.45, 2.75) is 83.7 Å². The number of pyridine rings is 1. The first-order chi connectivity index (χ1) is 20.6. The van der Waals surface area contributed by atoms with Gasteiger partial charge in [-0.3, -0.25) is 19.5 Å². The van der Waals surface area contributed by atoms with Crippen molar-refractivity contribution >= 4 is 17.4 Å². The van der Waals surface area contributed by atoms with Crippen LogP contribution in [0.4, 0.5) is 0 Å². The molecule has 2 saturated heterocycles. The number of piperidine rings is 1. The average molecular weight is 568 g/mol. The molecule has 0 spiro atoms. The van der Waals surface area contributed by atoms with Crippen molar-refractivity contribution in [2.75, 3.05) is 26.2 Å². The molecule has 3 aliphatic carbocycles. The summed E-state index contributed by atoms with van der Waals surface area (Å²) in [6.07, 6.45) is 14.7. The standard InChI is InChI=1S/C36H45N3O3/c40-23-24-11-14-30-27(20-24)13-12-26-8-5-17-37-34(26)33(30)25-15-18-38(19-16-25)21-28-6-1-2-7-29(28)22-39-35(41)31-9-3-4-10-32(31)36(39)42/h5,8,11,14,17,20,28-29,31-32,40H,1-4,6-7,9-10,12-13,15-16,18-19,21-23H2/t28-,29-,31?,32?/m1/s1. The Balaban J connectivity index is 1.07. The molecule has 0 bridgehead atoms. The van der Waals surface area contributed by atoms with Gasteiger partial charge in [-0.1, -0.05) is 55.5 Å². The van der Waals surface area contributed by atoms with Crippen LogP contribution in [-0.2, 0) is 29.0 Å². The van der Waals surface area contributed by atoms with Crippen LogP contribution in [0.5, 0.6) is 0 Å². The molecule has 2 unspecified atom stereocenters. The van der Waals surface area contributed by atoms with E-state index in [2.05, 4.69) is 35.2 Å². The number of aryl methyl sites for hydroxylation is 2. The summed E-state index contributed by atoms with van der Waals surface area (Å²) >= 11 is 0. The van der Waals surface area contributed by atoms with Crippen LogP contribution in [0.1, 0.15) is 92.2 Å². The third kappa shape index (κ3) is 5.26. The maximum absolute atomic E-state index is 13.2. The predicted molar refractivity (Wildman–Crippen MR) is 163 cm³/mol. The highest BCUT2D eigenvalue weighted by atomic mass is 16.3. The molecule has 2 aliphatic heterocycles. The fraction of sp³-hybridized carbons (Fsp3) is 0.583. The van der Waals surface area contributed by atoms with E-state index in [0.717, 1.165) is 88.7 Å². The molecule has 2 saturated carbocycles. The maximum Gasteiger partial charge on any atom is 0.233 e.